The number of aromatic nitrogens is 3. The van der Waals surface area contributed by atoms with Gasteiger partial charge in [0, 0.05) is 16.1 Å². The molecule has 2 aromatic heterocycles. The van der Waals surface area contributed by atoms with Gasteiger partial charge in [0.15, 0.2) is 5.82 Å². The minimum absolute atomic E-state index is 0.0112. The predicted molar refractivity (Wildman–Crippen MR) is 133 cm³/mol. The minimum Gasteiger partial charge on any atom is -0.276 e. The molecule has 0 atom stereocenters. The average molecular weight is 498 g/mol. The molecule has 2 aliphatic rings. The van der Waals surface area contributed by atoms with Crippen molar-refractivity contribution in [2.75, 3.05) is 6.54 Å². The van der Waals surface area contributed by atoms with E-state index in [0.717, 1.165) is 38.4 Å². The fraction of sp³-hybridized carbons (Fsp3) is 0.115. The van der Waals surface area contributed by atoms with E-state index < -0.39 is 0 Å². The molecule has 0 bridgehead atoms. The monoisotopic (exact) mass is 497 g/mol. The number of imide groups is 1. The minimum atomic E-state index is -0.320. The number of hydrogen-bond acceptors (Lipinski definition) is 6. The summed E-state index contributed by atoms with van der Waals surface area (Å²) in [6.07, 6.45) is 0. The van der Waals surface area contributed by atoms with Crippen LogP contribution in [-0.4, -0.2) is 43.7 Å². The van der Waals surface area contributed by atoms with Gasteiger partial charge in [-0.3, -0.25) is 24.0 Å². The molecule has 6 rings (SSSR count). The molecule has 2 aromatic carbocycles. The Kier molecular flexibility index (Phi) is 5.10. The average Bonchev–Trinajstić information content (AvgIpc) is 3.48. The lowest BCUT2D eigenvalue weighted by atomic mass is 10.0. The van der Waals surface area contributed by atoms with Crippen LogP contribution in [-0.2, 0) is 6.54 Å². The molecular weight excluding hydrogens is 482 g/mol. The Morgan fingerprint density at radius 2 is 1.66 bits per heavy atom. The smallest absolute Gasteiger partial charge is 0.262 e. The Bertz CT molecular complexity index is 1600. The third-order valence-electron chi connectivity index (χ3n) is 5.90. The summed E-state index contributed by atoms with van der Waals surface area (Å²) in [5.74, 6) is 6.98. The molecule has 0 fully saturated rings. The van der Waals surface area contributed by atoms with Gasteiger partial charge in [-0.15, -0.1) is 21.5 Å². The van der Waals surface area contributed by atoms with E-state index in [0.29, 0.717) is 22.7 Å². The van der Waals surface area contributed by atoms with Gasteiger partial charge in [0.2, 0.25) is 0 Å². The first-order valence-corrected chi connectivity index (χ1v) is 12.0. The second-order valence-electron chi connectivity index (χ2n) is 8.02. The van der Waals surface area contributed by atoms with Crippen LogP contribution in [0.4, 0.5) is 0 Å². The van der Waals surface area contributed by atoms with Crippen molar-refractivity contribution in [3.8, 4) is 16.8 Å². The molecule has 0 aliphatic carbocycles. The molecule has 4 aromatic rings. The Morgan fingerprint density at radius 3 is 2.37 bits per heavy atom. The topological polar surface area (TPSA) is 80.5 Å². The highest BCUT2D eigenvalue weighted by Crippen LogP contribution is 2.34. The molecule has 0 saturated heterocycles. The van der Waals surface area contributed by atoms with Crippen molar-refractivity contribution in [1.82, 2.24) is 19.7 Å². The lowest BCUT2D eigenvalue weighted by Crippen LogP contribution is -2.29. The van der Waals surface area contributed by atoms with E-state index in [1.165, 1.54) is 16.2 Å². The molecule has 0 radical (unpaired) electrons. The summed E-state index contributed by atoms with van der Waals surface area (Å²) in [5, 5.41) is 10.0. The van der Waals surface area contributed by atoms with Gasteiger partial charge < -0.3 is 0 Å². The Morgan fingerprint density at radius 1 is 0.971 bits per heavy atom. The number of nitrogens with zero attached hydrogens (tertiary/aromatic N) is 5. The molecular formula is C26H16ClN5O2S. The highest BCUT2D eigenvalue weighted by atomic mass is 35.5. The molecule has 35 heavy (non-hydrogen) atoms. The second kappa shape index (κ2) is 8.31. The summed E-state index contributed by atoms with van der Waals surface area (Å²) in [6, 6.07) is 16.4. The van der Waals surface area contributed by atoms with Gasteiger partial charge in [0.25, 0.3) is 11.8 Å². The molecule has 7 nitrogen and oxygen atoms in total. The maximum atomic E-state index is 12.6. The molecule has 170 valence electrons. The second-order valence-corrected chi connectivity index (χ2v) is 9.45. The van der Waals surface area contributed by atoms with Crippen LogP contribution in [0.1, 0.15) is 48.4 Å². The number of aryl methyl sites for hydroxylation is 1. The summed E-state index contributed by atoms with van der Waals surface area (Å²) in [5.41, 5.74) is 3.31. The fourth-order valence-corrected chi connectivity index (χ4v) is 5.59. The van der Waals surface area contributed by atoms with Crippen molar-refractivity contribution in [2.45, 2.75) is 13.5 Å². The molecule has 0 unspecified atom stereocenters. The van der Waals surface area contributed by atoms with E-state index in [2.05, 4.69) is 22.0 Å². The van der Waals surface area contributed by atoms with Gasteiger partial charge in [-0.1, -0.05) is 53.8 Å². The number of benzene rings is 2. The summed E-state index contributed by atoms with van der Waals surface area (Å²) >= 11 is 8.00. The van der Waals surface area contributed by atoms with Crippen LogP contribution in [0.15, 0.2) is 59.6 Å². The van der Waals surface area contributed by atoms with E-state index >= 15 is 0 Å². The zero-order chi connectivity index (χ0) is 24.1. The van der Waals surface area contributed by atoms with Crippen molar-refractivity contribution in [1.29, 1.82) is 0 Å². The van der Waals surface area contributed by atoms with Crippen LogP contribution in [0.3, 0.4) is 0 Å². The summed E-state index contributed by atoms with van der Waals surface area (Å²) in [7, 11) is 0. The van der Waals surface area contributed by atoms with Gasteiger partial charge in [0.1, 0.15) is 17.4 Å². The standard InChI is InChI=1S/C26H16ClN5O2S/c1-15-29-30-22-14-28-23(19-10-4-5-11-21(19)27)20-13-16(35-26(20)32(15)22)7-6-12-31-24(33)17-8-2-3-9-18(17)25(31)34/h2-5,8-11,13H,12,14H2,1H3. The quantitative estimate of drug-likeness (QED) is 0.305. The van der Waals surface area contributed by atoms with Gasteiger partial charge in [0.05, 0.1) is 28.3 Å². The molecule has 0 N–H and O–H groups in total. The normalized spacial score (nSPS) is 14.0. The Labute approximate surface area is 209 Å². The van der Waals surface area contributed by atoms with Crippen molar-refractivity contribution in [3.63, 3.8) is 0 Å². The Hall–Kier alpha value is -4.06. The van der Waals surface area contributed by atoms with Crippen molar-refractivity contribution in [3.05, 3.63) is 98.4 Å². The van der Waals surface area contributed by atoms with Crippen molar-refractivity contribution < 1.29 is 9.59 Å². The molecule has 2 amide bonds. The SMILES string of the molecule is Cc1nnc2n1-c1sc(C#CCN3C(=O)c4ccccc4C3=O)cc1C(c1ccccc1Cl)=NC2. The lowest BCUT2D eigenvalue weighted by molar-refractivity contribution is 0.0675. The van der Waals surface area contributed by atoms with Gasteiger partial charge in [-0.2, -0.15) is 0 Å². The highest BCUT2D eigenvalue weighted by Gasteiger charge is 2.34. The van der Waals surface area contributed by atoms with E-state index in [1.54, 1.807) is 24.3 Å². The number of rotatable bonds is 2. The van der Waals surface area contributed by atoms with E-state index in [4.69, 9.17) is 16.6 Å². The number of amides is 2. The first kappa shape index (κ1) is 21.5. The molecule has 4 heterocycles. The van der Waals surface area contributed by atoms with Crippen LogP contribution in [0.25, 0.3) is 5.00 Å². The molecule has 0 spiro atoms. The first-order valence-electron chi connectivity index (χ1n) is 10.8. The van der Waals surface area contributed by atoms with E-state index in [9.17, 15) is 9.59 Å². The van der Waals surface area contributed by atoms with Crippen LogP contribution in [0.2, 0.25) is 5.02 Å². The van der Waals surface area contributed by atoms with Crippen molar-refractivity contribution >= 4 is 40.5 Å². The number of carbonyl (C=O) groups is 2. The number of fused-ring (bicyclic) bond motifs is 4. The third-order valence-corrected chi connectivity index (χ3v) is 7.26. The van der Waals surface area contributed by atoms with Crippen molar-refractivity contribution in [2.24, 2.45) is 4.99 Å². The maximum absolute atomic E-state index is 12.6. The maximum Gasteiger partial charge on any atom is 0.262 e. The number of thiophene rings is 1. The Balaban J connectivity index is 1.37. The lowest BCUT2D eigenvalue weighted by Gasteiger charge is -2.08. The van der Waals surface area contributed by atoms with Crippen LogP contribution in [0.5, 0.6) is 0 Å². The van der Waals surface area contributed by atoms with Gasteiger partial charge in [-0.05, 0) is 31.2 Å². The summed E-state index contributed by atoms with van der Waals surface area (Å²) < 4.78 is 1.99. The summed E-state index contributed by atoms with van der Waals surface area (Å²) in [6.45, 7) is 2.29. The third kappa shape index (κ3) is 3.48. The fourth-order valence-electron chi connectivity index (χ4n) is 4.26. The van der Waals surface area contributed by atoms with Gasteiger partial charge in [-0.25, -0.2) is 0 Å². The van der Waals surface area contributed by atoms with Crippen LogP contribution >= 0.6 is 22.9 Å². The number of aliphatic imine (C=N–C) groups is 1. The van der Waals surface area contributed by atoms with E-state index in [-0.39, 0.29) is 18.4 Å². The highest BCUT2D eigenvalue weighted by molar-refractivity contribution is 7.15. The summed E-state index contributed by atoms with van der Waals surface area (Å²) in [4.78, 5) is 32.0. The van der Waals surface area contributed by atoms with E-state index in [1.807, 2.05) is 41.8 Å². The number of carbonyl (C=O) groups excluding carboxylic acids is 2. The molecule has 2 aliphatic heterocycles. The van der Waals surface area contributed by atoms with Gasteiger partial charge >= 0.3 is 0 Å². The predicted octanol–water partition coefficient (Wildman–Crippen LogP) is 4.29. The zero-order valence-corrected chi connectivity index (χ0v) is 20.0. The van der Waals surface area contributed by atoms with Crippen LogP contribution in [0, 0.1) is 18.8 Å². The largest absolute Gasteiger partial charge is 0.276 e. The first-order chi connectivity index (χ1) is 17.0. The zero-order valence-electron chi connectivity index (χ0n) is 18.4. The van der Waals surface area contributed by atoms with Crippen LogP contribution < -0.4 is 0 Å². The molecule has 9 heteroatoms. The number of hydrogen-bond donors (Lipinski definition) is 0. The molecule has 0 saturated carbocycles. The number of halogens is 1.